The van der Waals surface area contributed by atoms with Gasteiger partial charge in [-0.2, -0.15) is 0 Å². The monoisotopic (exact) mass is 646 g/mol. The number of nitrogens with zero attached hydrogens (tertiary/aromatic N) is 2. The molecule has 4 heteroatoms. The van der Waals surface area contributed by atoms with Gasteiger partial charge in [-0.15, -0.1) is 0 Å². The summed E-state index contributed by atoms with van der Waals surface area (Å²) in [5.41, 5.74) is 8.51. The van der Waals surface area contributed by atoms with Crippen molar-refractivity contribution in [2.24, 2.45) is 0 Å². The number of fused-ring (bicyclic) bond motifs is 8. The lowest BCUT2D eigenvalue weighted by molar-refractivity contribution is 0.623. The van der Waals surface area contributed by atoms with Gasteiger partial charge < -0.3 is 13.7 Å². The largest absolute Gasteiger partial charge is 0.456 e. The number of anilines is 3. The van der Waals surface area contributed by atoms with Gasteiger partial charge in [0.05, 0.1) is 5.48 Å². The number of hydrogen-bond donors (Lipinski definition) is 0. The molecule has 0 aliphatic rings. The van der Waals surface area contributed by atoms with Crippen LogP contribution in [-0.2, 0) is 0 Å². The van der Waals surface area contributed by atoms with E-state index in [0.717, 1.165) is 77.2 Å². The molecule has 50 heavy (non-hydrogen) atoms. The van der Waals surface area contributed by atoms with E-state index in [9.17, 15) is 0 Å². The smallest absolute Gasteiger partial charge is 0.227 e. The molecule has 0 atom stereocenters. The first-order chi connectivity index (χ1) is 26.3. The van der Waals surface area contributed by atoms with Crippen LogP contribution in [0.15, 0.2) is 173 Å². The zero-order chi connectivity index (χ0) is 36.7. The molecule has 0 aliphatic heterocycles. The van der Waals surface area contributed by atoms with Gasteiger partial charge in [-0.1, -0.05) is 97.0 Å². The normalized spacial score (nSPS) is 12.8. The zero-order valence-electron chi connectivity index (χ0n) is 31.0. The molecule has 0 unspecified atom stereocenters. The van der Waals surface area contributed by atoms with E-state index in [1.807, 2.05) is 84.9 Å². The molecule has 236 valence electrons. The van der Waals surface area contributed by atoms with Crippen LogP contribution in [0.25, 0.3) is 77.2 Å². The predicted octanol–water partition coefficient (Wildman–Crippen LogP) is 13.1. The van der Waals surface area contributed by atoms with Crippen LogP contribution >= 0.6 is 0 Å². The van der Waals surface area contributed by atoms with Gasteiger partial charge in [0.15, 0.2) is 5.58 Å². The molecule has 2 aromatic heterocycles. The van der Waals surface area contributed by atoms with Gasteiger partial charge >= 0.3 is 0 Å². The summed E-state index contributed by atoms with van der Waals surface area (Å²) in [4.78, 5) is 7.07. The Balaban J connectivity index is 1.19. The van der Waals surface area contributed by atoms with Gasteiger partial charge in [-0.25, -0.2) is 4.98 Å². The van der Waals surface area contributed by atoms with Crippen LogP contribution in [0.4, 0.5) is 17.1 Å². The van der Waals surface area contributed by atoms with Gasteiger partial charge in [-0.3, -0.25) is 0 Å². The summed E-state index contributed by atoms with van der Waals surface area (Å²) in [7, 11) is 0. The van der Waals surface area contributed by atoms with Crippen LogP contribution in [-0.4, -0.2) is 4.98 Å². The van der Waals surface area contributed by atoms with Crippen LogP contribution in [0, 0.1) is 6.92 Å². The van der Waals surface area contributed by atoms with E-state index in [-0.39, 0.29) is 24.2 Å². The van der Waals surface area contributed by atoms with Crippen molar-refractivity contribution < 1.29 is 14.3 Å². The highest BCUT2D eigenvalue weighted by Crippen LogP contribution is 2.42. The van der Waals surface area contributed by atoms with Crippen LogP contribution in [0.5, 0.6) is 0 Å². The first-order valence-corrected chi connectivity index (χ1v) is 16.5. The minimum absolute atomic E-state index is 0.0301. The van der Waals surface area contributed by atoms with Crippen molar-refractivity contribution in [1.82, 2.24) is 4.98 Å². The quantitative estimate of drug-likeness (QED) is 0.175. The highest BCUT2D eigenvalue weighted by molar-refractivity contribution is 6.19. The maximum atomic E-state index is 8.67. The third-order valence-electron chi connectivity index (χ3n) is 9.53. The first-order valence-electron chi connectivity index (χ1n) is 18.5. The molecule has 0 N–H and O–H groups in total. The van der Waals surface area contributed by atoms with Crippen LogP contribution in [0.2, 0.25) is 0 Å². The molecule has 0 radical (unpaired) electrons. The molecule has 0 spiro atoms. The molecule has 8 aromatic carbocycles. The summed E-state index contributed by atoms with van der Waals surface area (Å²) in [6.45, 7) is 1.74. The lowest BCUT2D eigenvalue weighted by atomic mass is 9.99. The van der Waals surface area contributed by atoms with E-state index < -0.39 is 0 Å². The predicted molar refractivity (Wildman–Crippen MR) is 207 cm³/mol. The van der Waals surface area contributed by atoms with Gasteiger partial charge in [-0.05, 0) is 107 Å². The minimum atomic E-state index is -0.243. The molecule has 0 amide bonds. The maximum Gasteiger partial charge on any atom is 0.227 e. The minimum Gasteiger partial charge on any atom is -0.456 e. The Morgan fingerprint density at radius 3 is 2.12 bits per heavy atom. The van der Waals surface area contributed by atoms with E-state index in [1.165, 1.54) is 0 Å². The van der Waals surface area contributed by atoms with Crippen molar-refractivity contribution in [1.29, 1.82) is 0 Å². The van der Waals surface area contributed by atoms with Gasteiger partial charge in [0.2, 0.25) is 5.89 Å². The summed E-state index contributed by atoms with van der Waals surface area (Å²) >= 11 is 0. The fourth-order valence-electron chi connectivity index (χ4n) is 7.09. The lowest BCUT2D eigenvalue weighted by Crippen LogP contribution is -2.09. The second kappa shape index (κ2) is 11.2. The number of hydrogen-bond acceptors (Lipinski definition) is 4. The number of aromatic nitrogens is 1. The highest BCUT2D eigenvalue weighted by Gasteiger charge is 2.19. The number of oxazole rings is 1. The van der Waals surface area contributed by atoms with Crippen molar-refractivity contribution in [3.05, 3.63) is 169 Å². The molecule has 0 bridgehead atoms. The lowest BCUT2D eigenvalue weighted by Gasteiger charge is -2.26. The van der Waals surface area contributed by atoms with E-state index in [0.29, 0.717) is 22.6 Å². The SMILES string of the molecule is [2H]c1c([2H])c([2H])c(-c2ccc(N(c3ccc4oc5ccccc5c4c3)c3ccc4ccc5ccc6nc(-c7ccccc7)oc6c5c4c3)cc2)c(C)c1[2H]. The second-order valence-corrected chi connectivity index (χ2v) is 12.5. The van der Waals surface area contributed by atoms with E-state index >= 15 is 0 Å². The second-order valence-electron chi connectivity index (χ2n) is 12.5. The fourth-order valence-corrected chi connectivity index (χ4v) is 7.09. The van der Waals surface area contributed by atoms with Crippen LogP contribution in [0.3, 0.4) is 0 Å². The Morgan fingerprint density at radius 1 is 0.560 bits per heavy atom. The maximum absolute atomic E-state index is 8.67. The Labute approximate surface area is 294 Å². The molecule has 0 fully saturated rings. The van der Waals surface area contributed by atoms with Gasteiger partial charge in [0.1, 0.15) is 16.7 Å². The van der Waals surface area contributed by atoms with Crippen molar-refractivity contribution >= 4 is 71.6 Å². The summed E-state index contributed by atoms with van der Waals surface area (Å²) in [6, 6.07) is 46.3. The molecule has 10 aromatic rings. The van der Waals surface area contributed by atoms with Crippen molar-refractivity contribution in [3.63, 3.8) is 0 Å². The third kappa shape index (κ3) is 4.57. The topological polar surface area (TPSA) is 42.4 Å². The number of rotatable bonds is 5. The highest BCUT2D eigenvalue weighted by atomic mass is 16.3. The Bertz CT molecular complexity index is 3090. The van der Waals surface area contributed by atoms with Crippen molar-refractivity contribution in [2.45, 2.75) is 6.92 Å². The molecule has 2 heterocycles. The molecule has 0 saturated carbocycles. The van der Waals surface area contributed by atoms with E-state index in [4.69, 9.17) is 19.3 Å². The average Bonchev–Trinajstić information content (AvgIpc) is 3.82. The zero-order valence-corrected chi connectivity index (χ0v) is 27.0. The summed E-state index contributed by atoms with van der Waals surface area (Å²) in [5.74, 6) is 0.576. The molecule has 4 nitrogen and oxygen atoms in total. The Morgan fingerprint density at radius 2 is 1.24 bits per heavy atom. The van der Waals surface area contributed by atoms with Crippen molar-refractivity contribution in [2.75, 3.05) is 4.90 Å². The number of benzene rings is 8. The molecule has 0 saturated heterocycles. The van der Waals surface area contributed by atoms with E-state index in [2.05, 4.69) is 59.5 Å². The average molecular weight is 647 g/mol. The van der Waals surface area contributed by atoms with Gasteiger partial charge in [0, 0.05) is 38.8 Å². The number of para-hydroxylation sites is 1. The summed E-state index contributed by atoms with van der Waals surface area (Å²) < 4.78 is 46.3. The molecular weight excluding hydrogens is 613 g/mol. The molecule has 10 rings (SSSR count). The van der Waals surface area contributed by atoms with Crippen LogP contribution < -0.4 is 4.90 Å². The summed E-state index contributed by atoms with van der Waals surface area (Å²) in [5, 5.41) is 6.17. The number of furan rings is 1. The fraction of sp³-hybridized carbons (Fsp3) is 0.0217. The third-order valence-corrected chi connectivity index (χ3v) is 9.53. The van der Waals surface area contributed by atoms with E-state index in [1.54, 1.807) is 6.92 Å². The Kier molecular flexibility index (Phi) is 5.49. The summed E-state index contributed by atoms with van der Waals surface area (Å²) in [6.07, 6.45) is 0. The first kappa shape index (κ1) is 24.5. The van der Waals surface area contributed by atoms with Gasteiger partial charge in [0.25, 0.3) is 0 Å². The molecular formula is C46H30N2O2. The van der Waals surface area contributed by atoms with Crippen molar-refractivity contribution in [3.8, 4) is 22.6 Å². The molecule has 0 aliphatic carbocycles. The van der Waals surface area contributed by atoms with Crippen LogP contribution in [0.1, 0.15) is 11.0 Å². The standard InChI is InChI=1S/C46H30N2O2/c1-29-9-5-6-12-37(29)30-17-21-34(22-18-30)48(36-24-26-43-40(28-36)38-13-7-8-14-42(38)49-43)35-23-19-31-15-16-32-20-25-41-45(44(32)39(31)27-35)50-46(47-41)33-10-3-2-4-11-33/h2-28H,1H3/i5D,6D,9D,12D. The Hall–Kier alpha value is -6.65.